The van der Waals surface area contributed by atoms with Crippen molar-refractivity contribution in [3.8, 4) is 5.75 Å². The number of nitrogens with one attached hydrogen (secondary N) is 1. The molecular formula is C23H24FNO. The molecule has 134 valence electrons. The van der Waals surface area contributed by atoms with Gasteiger partial charge in [-0.3, -0.25) is 0 Å². The molecule has 0 saturated carbocycles. The Hall–Kier alpha value is -2.65. The van der Waals surface area contributed by atoms with Gasteiger partial charge in [0, 0.05) is 6.54 Å². The molecule has 0 aliphatic carbocycles. The average molecular weight is 349 g/mol. The van der Waals surface area contributed by atoms with E-state index in [0.717, 1.165) is 30.8 Å². The van der Waals surface area contributed by atoms with Gasteiger partial charge in [-0.15, -0.1) is 0 Å². The molecule has 3 heteroatoms. The Labute approximate surface area is 154 Å². The van der Waals surface area contributed by atoms with Crippen molar-refractivity contribution in [1.82, 2.24) is 5.32 Å². The third-order valence-electron chi connectivity index (χ3n) is 4.39. The number of hydrogen-bond acceptors (Lipinski definition) is 2. The van der Waals surface area contributed by atoms with E-state index in [-0.39, 0.29) is 5.82 Å². The van der Waals surface area contributed by atoms with Gasteiger partial charge in [0.25, 0.3) is 0 Å². The van der Waals surface area contributed by atoms with Gasteiger partial charge in [-0.05, 0) is 66.4 Å². The number of halogens is 1. The summed E-state index contributed by atoms with van der Waals surface area (Å²) in [5, 5.41) is 3.43. The zero-order valence-electron chi connectivity index (χ0n) is 15.0. The van der Waals surface area contributed by atoms with Crippen molar-refractivity contribution in [3.05, 3.63) is 101 Å². The molecule has 3 aromatic carbocycles. The largest absolute Gasteiger partial charge is 0.489 e. The Morgan fingerprint density at radius 2 is 1.69 bits per heavy atom. The first-order valence-electron chi connectivity index (χ1n) is 8.92. The summed E-state index contributed by atoms with van der Waals surface area (Å²) in [7, 11) is 0. The molecular weight excluding hydrogens is 325 g/mol. The van der Waals surface area contributed by atoms with E-state index < -0.39 is 0 Å². The molecule has 0 fully saturated rings. The quantitative estimate of drug-likeness (QED) is 0.575. The molecule has 0 bridgehead atoms. The maximum atomic E-state index is 12.9. The molecule has 0 aromatic heterocycles. The molecule has 0 unspecified atom stereocenters. The number of ether oxygens (including phenoxy) is 1. The molecule has 0 aliphatic heterocycles. The maximum Gasteiger partial charge on any atom is 0.123 e. The zero-order chi connectivity index (χ0) is 18.2. The number of hydrogen-bond donors (Lipinski definition) is 1. The van der Waals surface area contributed by atoms with Crippen LogP contribution in [0.2, 0.25) is 0 Å². The standard InChI is InChI=1S/C23H24FNO/c1-18-5-2-3-7-21(18)17-26-23-8-4-6-20(15-23)16-25-14-13-19-9-11-22(24)12-10-19/h2-12,15,25H,13-14,16-17H2,1H3. The molecule has 26 heavy (non-hydrogen) atoms. The third kappa shape index (κ3) is 5.43. The lowest BCUT2D eigenvalue weighted by molar-refractivity contribution is 0.305. The molecule has 2 nitrogen and oxygen atoms in total. The fourth-order valence-corrected chi connectivity index (χ4v) is 2.79. The Morgan fingerprint density at radius 3 is 2.50 bits per heavy atom. The van der Waals surface area contributed by atoms with E-state index in [1.54, 1.807) is 0 Å². The van der Waals surface area contributed by atoms with E-state index in [4.69, 9.17) is 4.74 Å². The summed E-state index contributed by atoms with van der Waals surface area (Å²) in [4.78, 5) is 0. The van der Waals surface area contributed by atoms with E-state index >= 15 is 0 Å². The summed E-state index contributed by atoms with van der Waals surface area (Å²) in [6.07, 6.45) is 0.879. The van der Waals surface area contributed by atoms with Crippen LogP contribution < -0.4 is 10.1 Å². The highest BCUT2D eigenvalue weighted by Crippen LogP contribution is 2.16. The summed E-state index contributed by atoms with van der Waals surface area (Å²) in [6.45, 7) is 4.30. The smallest absolute Gasteiger partial charge is 0.123 e. The second-order valence-electron chi connectivity index (χ2n) is 6.42. The van der Waals surface area contributed by atoms with Gasteiger partial charge in [-0.1, -0.05) is 48.5 Å². The van der Waals surface area contributed by atoms with Crippen LogP contribution in [0, 0.1) is 12.7 Å². The van der Waals surface area contributed by atoms with Gasteiger partial charge in [0.1, 0.15) is 18.2 Å². The Morgan fingerprint density at radius 1 is 0.885 bits per heavy atom. The molecule has 0 spiro atoms. The number of benzene rings is 3. The first-order valence-corrected chi connectivity index (χ1v) is 8.92. The van der Waals surface area contributed by atoms with Crippen LogP contribution in [0.5, 0.6) is 5.75 Å². The second kappa shape index (κ2) is 9.16. The van der Waals surface area contributed by atoms with Crippen molar-refractivity contribution in [1.29, 1.82) is 0 Å². The average Bonchev–Trinajstić information content (AvgIpc) is 2.66. The number of aryl methyl sites for hydroxylation is 1. The molecule has 0 atom stereocenters. The van der Waals surface area contributed by atoms with Gasteiger partial charge in [0.15, 0.2) is 0 Å². The highest BCUT2D eigenvalue weighted by molar-refractivity contribution is 5.30. The van der Waals surface area contributed by atoms with Crippen molar-refractivity contribution in [3.63, 3.8) is 0 Å². The molecule has 0 aliphatic rings. The van der Waals surface area contributed by atoms with Gasteiger partial charge in [-0.2, -0.15) is 0 Å². The van der Waals surface area contributed by atoms with E-state index in [0.29, 0.717) is 6.61 Å². The van der Waals surface area contributed by atoms with E-state index in [2.05, 4.69) is 36.5 Å². The first-order chi connectivity index (χ1) is 12.7. The van der Waals surface area contributed by atoms with Gasteiger partial charge < -0.3 is 10.1 Å². The van der Waals surface area contributed by atoms with Crippen LogP contribution in [-0.4, -0.2) is 6.54 Å². The maximum absolute atomic E-state index is 12.9. The predicted molar refractivity (Wildman–Crippen MR) is 104 cm³/mol. The molecule has 1 N–H and O–H groups in total. The highest BCUT2D eigenvalue weighted by Gasteiger charge is 2.01. The highest BCUT2D eigenvalue weighted by atomic mass is 19.1. The molecule has 0 radical (unpaired) electrons. The summed E-state index contributed by atoms with van der Waals surface area (Å²) < 4.78 is 18.8. The van der Waals surface area contributed by atoms with Crippen molar-refractivity contribution < 1.29 is 9.13 Å². The fourth-order valence-electron chi connectivity index (χ4n) is 2.79. The summed E-state index contributed by atoms with van der Waals surface area (Å²) in [5.41, 5.74) is 4.77. The van der Waals surface area contributed by atoms with Crippen LogP contribution in [-0.2, 0) is 19.6 Å². The van der Waals surface area contributed by atoms with Crippen LogP contribution in [0.4, 0.5) is 4.39 Å². The minimum absolute atomic E-state index is 0.191. The Bertz CT molecular complexity index is 830. The van der Waals surface area contributed by atoms with Gasteiger partial charge in [0.2, 0.25) is 0 Å². The lowest BCUT2D eigenvalue weighted by Gasteiger charge is -2.10. The van der Waals surface area contributed by atoms with Crippen molar-refractivity contribution in [2.24, 2.45) is 0 Å². The topological polar surface area (TPSA) is 21.3 Å². The van der Waals surface area contributed by atoms with E-state index in [1.807, 2.05) is 36.4 Å². The summed E-state index contributed by atoms with van der Waals surface area (Å²) in [5.74, 6) is 0.690. The first kappa shape index (κ1) is 18.2. The normalized spacial score (nSPS) is 10.7. The van der Waals surface area contributed by atoms with E-state index in [9.17, 15) is 4.39 Å². The monoisotopic (exact) mass is 349 g/mol. The minimum Gasteiger partial charge on any atom is -0.489 e. The molecule has 0 heterocycles. The van der Waals surface area contributed by atoms with Crippen LogP contribution >= 0.6 is 0 Å². The molecule has 0 amide bonds. The fraction of sp³-hybridized carbons (Fsp3) is 0.217. The zero-order valence-corrected chi connectivity index (χ0v) is 15.0. The van der Waals surface area contributed by atoms with Crippen LogP contribution in [0.1, 0.15) is 22.3 Å². The molecule has 3 rings (SSSR count). The summed E-state index contributed by atoms with van der Waals surface area (Å²) >= 11 is 0. The second-order valence-corrected chi connectivity index (χ2v) is 6.42. The van der Waals surface area contributed by atoms with Crippen LogP contribution in [0.25, 0.3) is 0 Å². The summed E-state index contributed by atoms with van der Waals surface area (Å²) in [6, 6.07) is 23.1. The van der Waals surface area contributed by atoms with Gasteiger partial charge in [-0.25, -0.2) is 4.39 Å². The minimum atomic E-state index is -0.191. The third-order valence-corrected chi connectivity index (χ3v) is 4.39. The predicted octanol–water partition coefficient (Wildman–Crippen LogP) is 5.05. The van der Waals surface area contributed by atoms with Crippen LogP contribution in [0.3, 0.4) is 0 Å². The number of rotatable bonds is 8. The van der Waals surface area contributed by atoms with E-state index in [1.165, 1.54) is 28.8 Å². The SMILES string of the molecule is Cc1ccccc1COc1cccc(CNCCc2ccc(F)cc2)c1. The Kier molecular flexibility index (Phi) is 6.39. The molecule has 0 saturated heterocycles. The van der Waals surface area contributed by atoms with Crippen molar-refractivity contribution in [2.45, 2.75) is 26.5 Å². The van der Waals surface area contributed by atoms with Crippen molar-refractivity contribution in [2.75, 3.05) is 6.54 Å². The van der Waals surface area contributed by atoms with Crippen LogP contribution in [0.15, 0.2) is 72.8 Å². The van der Waals surface area contributed by atoms with Gasteiger partial charge >= 0.3 is 0 Å². The van der Waals surface area contributed by atoms with Crippen molar-refractivity contribution >= 4 is 0 Å². The lowest BCUT2D eigenvalue weighted by atomic mass is 10.1. The van der Waals surface area contributed by atoms with Gasteiger partial charge in [0.05, 0.1) is 0 Å². The lowest BCUT2D eigenvalue weighted by Crippen LogP contribution is -2.16. The Balaban J connectivity index is 1.46. The molecule has 3 aromatic rings.